The van der Waals surface area contributed by atoms with Gasteiger partial charge in [0.25, 0.3) is 0 Å². The average Bonchev–Trinajstić information content (AvgIpc) is 2.75. The van der Waals surface area contributed by atoms with Crippen LogP contribution in [-0.2, 0) is 6.54 Å². The molecule has 30 heavy (non-hydrogen) atoms. The Balaban J connectivity index is 1.62. The van der Waals surface area contributed by atoms with Crippen molar-refractivity contribution >= 4 is 11.6 Å². The SMILES string of the molecule is COc1ccc(O[C@@H]2CCN(Cc3cc(Cl)c(OC)c(OC)c3)C[C@H]2O)cc1OC. The zero-order valence-corrected chi connectivity index (χ0v) is 18.4. The number of benzene rings is 2. The molecular weight excluding hydrogens is 410 g/mol. The molecule has 2 aromatic carbocycles. The van der Waals surface area contributed by atoms with Crippen LogP contribution in [0.25, 0.3) is 0 Å². The summed E-state index contributed by atoms with van der Waals surface area (Å²) in [4.78, 5) is 2.16. The Bertz CT molecular complexity index is 862. The standard InChI is InChI=1S/C22H28ClNO6/c1-26-19-6-5-15(11-20(19)27-2)30-18-7-8-24(13-17(18)25)12-14-9-16(23)22(29-4)21(10-14)28-3/h5-6,9-11,17-18,25H,7-8,12-13H2,1-4H3/t17-,18-/m1/s1. The number of aliphatic hydroxyl groups is 1. The fourth-order valence-electron chi connectivity index (χ4n) is 3.64. The second-order valence-electron chi connectivity index (χ2n) is 7.08. The van der Waals surface area contributed by atoms with Gasteiger partial charge in [-0.15, -0.1) is 0 Å². The number of piperidine rings is 1. The van der Waals surface area contributed by atoms with E-state index in [1.54, 1.807) is 40.6 Å². The molecule has 0 unspecified atom stereocenters. The van der Waals surface area contributed by atoms with Crippen molar-refractivity contribution in [3.05, 3.63) is 40.9 Å². The van der Waals surface area contributed by atoms with Gasteiger partial charge in [0.2, 0.25) is 0 Å². The summed E-state index contributed by atoms with van der Waals surface area (Å²) in [7, 11) is 6.31. The van der Waals surface area contributed by atoms with Gasteiger partial charge < -0.3 is 28.8 Å². The lowest BCUT2D eigenvalue weighted by molar-refractivity contribution is -0.0275. The first-order chi connectivity index (χ1) is 14.5. The summed E-state index contributed by atoms with van der Waals surface area (Å²) in [6.45, 7) is 1.91. The van der Waals surface area contributed by atoms with Crippen molar-refractivity contribution in [2.75, 3.05) is 41.5 Å². The normalized spacial score (nSPS) is 19.3. The zero-order chi connectivity index (χ0) is 21.7. The molecule has 1 N–H and O–H groups in total. The molecule has 0 radical (unpaired) electrons. The summed E-state index contributed by atoms with van der Waals surface area (Å²) in [6, 6.07) is 9.14. The van der Waals surface area contributed by atoms with Crippen molar-refractivity contribution in [2.24, 2.45) is 0 Å². The number of halogens is 1. The molecule has 1 saturated heterocycles. The van der Waals surface area contributed by atoms with E-state index < -0.39 is 6.10 Å². The Labute approximate surface area is 182 Å². The summed E-state index contributed by atoms with van der Waals surface area (Å²) in [5.41, 5.74) is 0.990. The van der Waals surface area contributed by atoms with Gasteiger partial charge in [0.15, 0.2) is 23.0 Å². The van der Waals surface area contributed by atoms with Gasteiger partial charge in [-0.25, -0.2) is 0 Å². The van der Waals surface area contributed by atoms with Gasteiger partial charge in [0.05, 0.1) is 33.5 Å². The molecule has 3 rings (SSSR count). The molecule has 1 aliphatic heterocycles. The predicted octanol–water partition coefficient (Wildman–Crippen LogP) is 3.39. The molecule has 8 heteroatoms. The van der Waals surface area contributed by atoms with Crippen molar-refractivity contribution in [3.8, 4) is 28.7 Å². The van der Waals surface area contributed by atoms with Crippen LogP contribution in [0.1, 0.15) is 12.0 Å². The van der Waals surface area contributed by atoms with E-state index in [9.17, 15) is 5.11 Å². The molecule has 0 saturated carbocycles. The van der Waals surface area contributed by atoms with Crippen molar-refractivity contribution in [2.45, 2.75) is 25.2 Å². The van der Waals surface area contributed by atoms with Gasteiger partial charge in [-0.05, 0) is 36.2 Å². The van der Waals surface area contributed by atoms with E-state index in [1.165, 1.54) is 0 Å². The highest BCUT2D eigenvalue weighted by Gasteiger charge is 2.29. The minimum absolute atomic E-state index is 0.298. The van der Waals surface area contributed by atoms with Crippen molar-refractivity contribution in [3.63, 3.8) is 0 Å². The second-order valence-corrected chi connectivity index (χ2v) is 7.48. The first-order valence-electron chi connectivity index (χ1n) is 9.68. The van der Waals surface area contributed by atoms with E-state index in [0.717, 1.165) is 12.1 Å². The lowest BCUT2D eigenvalue weighted by Crippen LogP contribution is -2.48. The zero-order valence-electron chi connectivity index (χ0n) is 17.7. The van der Waals surface area contributed by atoms with Crippen LogP contribution in [0.4, 0.5) is 0 Å². The fraction of sp³-hybridized carbons (Fsp3) is 0.455. The van der Waals surface area contributed by atoms with Gasteiger partial charge >= 0.3 is 0 Å². The molecule has 0 aromatic heterocycles. The predicted molar refractivity (Wildman–Crippen MR) is 114 cm³/mol. The van der Waals surface area contributed by atoms with Crippen LogP contribution in [-0.4, -0.2) is 63.7 Å². The number of likely N-dealkylation sites (tertiary alicyclic amines) is 1. The first kappa shape index (κ1) is 22.3. The first-order valence-corrected chi connectivity index (χ1v) is 10.1. The largest absolute Gasteiger partial charge is 0.493 e. The Morgan fingerprint density at radius 1 is 0.967 bits per heavy atom. The maximum atomic E-state index is 10.7. The van der Waals surface area contributed by atoms with Crippen LogP contribution in [0.2, 0.25) is 5.02 Å². The molecule has 164 valence electrons. The highest BCUT2D eigenvalue weighted by molar-refractivity contribution is 6.32. The Morgan fingerprint density at radius 2 is 1.70 bits per heavy atom. The molecule has 0 spiro atoms. The van der Waals surface area contributed by atoms with Crippen LogP contribution >= 0.6 is 11.6 Å². The molecule has 1 fully saturated rings. The van der Waals surface area contributed by atoms with Crippen molar-refractivity contribution in [1.82, 2.24) is 4.90 Å². The van der Waals surface area contributed by atoms with Crippen molar-refractivity contribution < 1.29 is 28.8 Å². The lowest BCUT2D eigenvalue weighted by atomic mass is 10.0. The highest BCUT2D eigenvalue weighted by atomic mass is 35.5. The number of β-amino-alcohol motifs (C(OH)–C–C–N with tert-alkyl or cyclic N) is 1. The van der Waals surface area contributed by atoms with Gasteiger partial charge in [-0.3, -0.25) is 4.90 Å². The Kier molecular flexibility index (Phi) is 7.53. The maximum absolute atomic E-state index is 10.7. The third-order valence-electron chi connectivity index (χ3n) is 5.15. The van der Waals surface area contributed by atoms with E-state index in [1.807, 2.05) is 18.2 Å². The third kappa shape index (κ3) is 5.03. The number of methoxy groups -OCH3 is 4. The Hall–Kier alpha value is -2.35. The summed E-state index contributed by atoms with van der Waals surface area (Å²) in [6.07, 6.45) is -0.230. The molecule has 0 aliphatic carbocycles. The van der Waals surface area contributed by atoms with E-state index in [0.29, 0.717) is 53.3 Å². The van der Waals surface area contributed by atoms with E-state index in [2.05, 4.69) is 4.90 Å². The molecule has 7 nitrogen and oxygen atoms in total. The van der Waals surface area contributed by atoms with E-state index in [4.69, 9.17) is 35.3 Å². The maximum Gasteiger partial charge on any atom is 0.179 e. The minimum atomic E-state index is -0.623. The monoisotopic (exact) mass is 437 g/mol. The highest BCUT2D eigenvalue weighted by Crippen LogP contribution is 2.37. The molecule has 2 aromatic rings. The summed E-state index contributed by atoms with van der Waals surface area (Å²) in [5.74, 6) is 2.97. The molecule has 0 bridgehead atoms. The fourth-order valence-corrected chi connectivity index (χ4v) is 3.95. The topological polar surface area (TPSA) is 69.6 Å². The lowest BCUT2D eigenvalue weighted by Gasteiger charge is -2.36. The summed E-state index contributed by atoms with van der Waals surface area (Å²) < 4.78 is 27.2. The number of rotatable bonds is 8. The number of ether oxygens (including phenoxy) is 5. The third-order valence-corrected chi connectivity index (χ3v) is 5.43. The van der Waals surface area contributed by atoms with E-state index >= 15 is 0 Å². The number of aliphatic hydroxyl groups excluding tert-OH is 1. The van der Waals surface area contributed by atoms with Gasteiger partial charge in [-0.1, -0.05) is 11.6 Å². The smallest absolute Gasteiger partial charge is 0.179 e. The quantitative estimate of drug-likeness (QED) is 0.678. The van der Waals surface area contributed by atoms with Crippen LogP contribution in [0, 0.1) is 0 Å². The molecular formula is C22H28ClNO6. The molecule has 2 atom stereocenters. The number of nitrogens with zero attached hydrogens (tertiary/aromatic N) is 1. The molecule has 1 aliphatic rings. The number of hydrogen-bond acceptors (Lipinski definition) is 7. The minimum Gasteiger partial charge on any atom is -0.493 e. The van der Waals surface area contributed by atoms with Gasteiger partial charge in [-0.2, -0.15) is 0 Å². The van der Waals surface area contributed by atoms with Crippen molar-refractivity contribution in [1.29, 1.82) is 0 Å². The molecule has 1 heterocycles. The van der Waals surface area contributed by atoms with Gasteiger partial charge in [0, 0.05) is 25.7 Å². The average molecular weight is 438 g/mol. The van der Waals surface area contributed by atoms with Crippen LogP contribution < -0.4 is 23.7 Å². The van der Waals surface area contributed by atoms with Crippen LogP contribution in [0.5, 0.6) is 28.7 Å². The summed E-state index contributed by atoms with van der Waals surface area (Å²) >= 11 is 6.31. The molecule has 0 amide bonds. The number of hydrogen-bond donors (Lipinski definition) is 1. The van der Waals surface area contributed by atoms with Crippen LogP contribution in [0.3, 0.4) is 0 Å². The van der Waals surface area contributed by atoms with Crippen LogP contribution in [0.15, 0.2) is 30.3 Å². The van der Waals surface area contributed by atoms with Gasteiger partial charge in [0.1, 0.15) is 18.0 Å². The summed E-state index contributed by atoms with van der Waals surface area (Å²) in [5, 5.41) is 11.1. The Morgan fingerprint density at radius 3 is 2.33 bits per heavy atom. The second kappa shape index (κ2) is 10.1. The van der Waals surface area contributed by atoms with E-state index in [-0.39, 0.29) is 6.10 Å².